The quantitative estimate of drug-likeness (QED) is 0.443. The Kier molecular flexibility index (Phi) is 7.18. The van der Waals surface area contributed by atoms with Crippen LogP contribution in [-0.4, -0.2) is 32.7 Å². The summed E-state index contributed by atoms with van der Waals surface area (Å²) < 4.78 is 6.11. The van der Waals surface area contributed by atoms with Crippen LogP contribution in [0.3, 0.4) is 0 Å². The number of carbonyl (C=O) groups is 2. The lowest BCUT2D eigenvalue weighted by Gasteiger charge is -2.12. The Hall–Kier alpha value is -2.06. The van der Waals surface area contributed by atoms with Gasteiger partial charge in [0.05, 0.1) is 11.3 Å². The number of halogens is 2. The first-order chi connectivity index (χ1) is 13.8. The van der Waals surface area contributed by atoms with Crippen LogP contribution < -0.4 is 4.74 Å². The maximum Gasteiger partial charge on any atom is 0.305 e. The molecule has 1 heterocycles. The van der Waals surface area contributed by atoms with Gasteiger partial charge in [0, 0.05) is 22.2 Å². The molecule has 0 radical (unpaired) electrons. The number of ether oxygens (including phenoxy) is 1. The predicted octanol–water partition coefficient (Wildman–Crippen LogP) is 5.25. The van der Waals surface area contributed by atoms with Crippen molar-refractivity contribution in [1.29, 1.82) is 0 Å². The van der Waals surface area contributed by atoms with Gasteiger partial charge in [-0.1, -0.05) is 65.4 Å². The maximum atomic E-state index is 12.4. The predicted molar refractivity (Wildman–Crippen MR) is 119 cm³/mol. The van der Waals surface area contributed by atoms with Crippen molar-refractivity contribution in [2.24, 2.45) is 0 Å². The van der Waals surface area contributed by atoms with Crippen molar-refractivity contribution in [3.63, 3.8) is 0 Å². The molecule has 0 atom stereocenters. The second kappa shape index (κ2) is 9.63. The maximum absolute atomic E-state index is 12.4. The normalized spacial score (nSPS) is 15.2. The van der Waals surface area contributed by atoms with Crippen LogP contribution in [0.1, 0.15) is 17.5 Å². The second-order valence-electron chi connectivity index (χ2n) is 6.07. The fourth-order valence-electron chi connectivity index (χ4n) is 2.51. The minimum atomic E-state index is -0.974. The zero-order valence-electron chi connectivity index (χ0n) is 14.9. The SMILES string of the molecule is O=C(O)CCN1C(=O)/C(=C/c2ccc(OCc3ccc(Cl)cc3Cl)cc2)SC1=S. The summed E-state index contributed by atoms with van der Waals surface area (Å²) in [6.07, 6.45) is 1.57. The number of hydrogen-bond acceptors (Lipinski definition) is 5. The Morgan fingerprint density at radius 1 is 1.21 bits per heavy atom. The summed E-state index contributed by atoms with van der Waals surface area (Å²) in [5.41, 5.74) is 1.63. The molecule has 0 aliphatic carbocycles. The number of thioether (sulfide) groups is 1. The molecule has 1 fully saturated rings. The monoisotopic (exact) mass is 467 g/mol. The molecule has 0 saturated carbocycles. The fourth-order valence-corrected chi connectivity index (χ4v) is 4.28. The van der Waals surface area contributed by atoms with E-state index in [1.54, 1.807) is 30.3 Å². The third-order valence-electron chi connectivity index (χ3n) is 4.01. The van der Waals surface area contributed by atoms with Gasteiger partial charge in [-0.15, -0.1) is 0 Å². The third-order valence-corrected chi connectivity index (χ3v) is 5.97. The third kappa shape index (κ3) is 5.73. The summed E-state index contributed by atoms with van der Waals surface area (Å²) in [5, 5.41) is 9.90. The molecule has 1 N–H and O–H groups in total. The number of carboxylic acid groups (broad SMARTS) is 1. The summed E-state index contributed by atoms with van der Waals surface area (Å²) in [4.78, 5) is 24.9. The van der Waals surface area contributed by atoms with Crippen LogP contribution in [0.4, 0.5) is 0 Å². The van der Waals surface area contributed by atoms with E-state index in [1.165, 1.54) is 4.90 Å². The van der Waals surface area contributed by atoms with Gasteiger partial charge in [-0.25, -0.2) is 0 Å². The van der Waals surface area contributed by atoms with Gasteiger partial charge < -0.3 is 9.84 Å². The zero-order valence-corrected chi connectivity index (χ0v) is 18.1. The van der Waals surface area contributed by atoms with E-state index in [9.17, 15) is 9.59 Å². The Morgan fingerprint density at radius 3 is 2.59 bits per heavy atom. The minimum absolute atomic E-state index is 0.0668. The highest BCUT2D eigenvalue weighted by Crippen LogP contribution is 2.33. The van der Waals surface area contributed by atoms with Crippen LogP contribution in [0, 0.1) is 0 Å². The molecule has 2 aromatic carbocycles. The van der Waals surface area contributed by atoms with Crippen molar-refractivity contribution < 1.29 is 19.4 Å². The zero-order chi connectivity index (χ0) is 21.0. The minimum Gasteiger partial charge on any atom is -0.489 e. The van der Waals surface area contributed by atoms with Crippen LogP contribution >= 0.6 is 47.2 Å². The smallest absolute Gasteiger partial charge is 0.305 e. The molecule has 0 bridgehead atoms. The summed E-state index contributed by atoms with van der Waals surface area (Å²) >= 11 is 18.4. The van der Waals surface area contributed by atoms with Gasteiger partial charge in [-0.2, -0.15) is 0 Å². The Balaban J connectivity index is 1.63. The van der Waals surface area contributed by atoms with Gasteiger partial charge in [0.2, 0.25) is 0 Å². The van der Waals surface area contributed by atoms with Crippen molar-refractivity contribution in [2.75, 3.05) is 6.54 Å². The molecule has 29 heavy (non-hydrogen) atoms. The highest BCUT2D eigenvalue weighted by atomic mass is 35.5. The van der Waals surface area contributed by atoms with Crippen LogP contribution in [0.5, 0.6) is 5.75 Å². The topological polar surface area (TPSA) is 66.8 Å². The molecule has 1 amide bonds. The molecule has 1 aliphatic rings. The number of hydrogen-bond donors (Lipinski definition) is 1. The van der Waals surface area contributed by atoms with Gasteiger partial charge in [-0.05, 0) is 35.9 Å². The molecule has 9 heteroatoms. The highest BCUT2D eigenvalue weighted by molar-refractivity contribution is 8.26. The molecular formula is C20H15Cl2NO4S2. The molecule has 150 valence electrons. The largest absolute Gasteiger partial charge is 0.489 e. The Bertz CT molecular complexity index is 992. The van der Waals surface area contributed by atoms with E-state index in [2.05, 4.69) is 0 Å². The average molecular weight is 468 g/mol. The van der Waals surface area contributed by atoms with E-state index in [0.29, 0.717) is 31.6 Å². The van der Waals surface area contributed by atoms with E-state index in [-0.39, 0.29) is 18.9 Å². The average Bonchev–Trinajstić information content (AvgIpc) is 2.93. The van der Waals surface area contributed by atoms with Gasteiger partial charge in [-0.3, -0.25) is 14.5 Å². The van der Waals surface area contributed by atoms with Crippen LogP contribution in [0.25, 0.3) is 6.08 Å². The Morgan fingerprint density at radius 2 is 1.93 bits per heavy atom. The molecule has 0 unspecified atom stereocenters. The summed E-state index contributed by atoms with van der Waals surface area (Å²) in [6.45, 7) is 0.370. The second-order valence-corrected chi connectivity index (χ2v) is 8.59. The van der Waals surface area contributed by atoms with Gasteiger partial charge in [0.25, 0.3) is 5.91 Å². The highest BCUT2D eigenvalue weighted by Gasteiger charge is 2.31. The molecule has 0 spiro atoms. The fraction of sp³-hybridized carbons (Fsp3) is 0.150. The van der Waals surface area contributed by atoms with Crippen LogP contribution in [-0.2, 0) is 16.2 Å². The lowest BCUT2D eigenvalue weighted by molar-refractivity contribution is -0.137. The summed E-state index contributed by atoms with van der Waals surface area (Å²) in [7, 11) is 0. The van der Waals surface area contributed by atoms with Crippen LogP contribution in [0.15, 0.2) is 47.4 Å². The number of carbonyl (C=O) groups excluding carboxylic acids is 1. The molecule has 2 aromatic rings. The number of amides is 1. The number of nitrogens with zero attached hydrogens (tertiary/aromatic N) is 1. The number of aliphatic carboxylic acids is 1. The van der Waals surface area contributed by atoms with E-state index in [4.69, 9.17) is 45.3 Å². The number of carboxylic acids is 1. The summed E-state index contributed by atoms with van der Waals surface area (Å²) in [6, 6.07) is 12.5. The standard InChI is InChI=1S/C20H15Cl2NO4S2/c21-14-4-3-13(16(22)10-14)11-27-15-5-1-12(2-6-15)9-17-19(26)23(20(28)29-17)8-7-18(24)25/h1-6,9-10H,7-8,11H2,(H,24,25)/b17-9-. The first-order valence-corrected chi connectivity index (χ1v) is 10.5. The van der Waals surface area contributed by atoms with E-state index in [0.717, 1.165) is 22.9 Å². The molecule has 1 saturated heterocycles. The van der Waals surface area contributed by atoms with E-state index in [1.807, 2.05) is 18.2 Å². The van der Waals surface area contributed by atoms with Crippen molar-refractivity contribution in [2.45, 2.75) is 13.0 Å². The first kappa shape index (κ1) is 21.6. The molecule has 5 nitrogen and oxygen atoms in total. The van der Waals surface area contributed by atoms with Crippen molar-refractivity contribution in [1.82, 2.24) is 4.90 Å². The van der Waals surface area contributed by atoms with Crippen molar-refractivity contribution >= 4 is 69.5 Å². The molecule has 0 aromatic heterocycles. The number of benzene rings is 2. The van der Waals surface area contributed by atoms with Gasteiger partial charge in [0.1, 0.15) is 16.7 Å². The molecular weight excluding hydrogens is 453 g/mol. The first-order valence-electron chi connectivity index (χ1n) is 8.47. The molecule has 1 aliphatic heterocycles. The number of thiocarbonyl (C=S) groups is 1. The van der Waals surface area contributed by atoms with Crippen molar-refractivity contribution in [3.8, 4) is 5.75 Å². The van der Waals surface area contributed by atoms with E-state index >= 15 is 0 Å². The van der Waals surface area contributed by atoms with Gasteiger partial charge in [0.15, 0.2) is 0 Å². The number of rotatable bonds is 7. The van der Waals surface area contributed by atoms with Crippen LogP contribution in [0.2, 0.25) is 10.0 Å². The lowest BCUT2D eigenvalue weighted by Crippen LogP contribution is -2.30. The molecule has 3 rings (SSSR count). The summed E-state index contributed by atoms with van der Waals surface area (Å²) in [5.74, 6) is -0.598. The van der Waals surface area contributed by atoms with Crippen molar-refractivity contribution in [3.05, 3.63) is 68.5 Å². The lowest BCUT2D eigenvalue weighted by atomic mass is 10.2. The Labute approximate surface area is 187 Å². The van der Waals surface area contributed by atoms with Gasteiger partial charge >= 0.3 is 5.97 Å². The van der Waals surface area contributed by atoms with E-state index < -0.39 is 5.97 Å².